The maximum absolute atomic E-state index is 14.0. The highest BCUT2D eigenvalue weighted by Crippen LogP contribution is 2.37. The highest BCUT2D eigenvalue weighted by molar-refractivity contribution is 5.80. The van der Waals surface area contributed by atoms with E-state index in [0.29, 0.717) is 116 Å². The van der Waals surface area contributed by atoms with Gasteiger partial charge in [-0.15, -0.1) is 0 Å². The first-order valence-electron chi connectivity index (χ1n) is 32.4. The molecule has 0 radical (unpaired) electrons. The molecule has 0 fully saturated rings. The predicted octanol–water partition coefficient (Wildman–Crippen LogP) is 5.51. The van der Waals surface area contributed by atoms with Crippen molar-refractivity contribution in [1.82, 2.24) is 61.3 Å². The maximum Gasteiger partial charge on any atom is 0.222 e. The topological polar surface area (TPSA) is 194 Å². The van der Waals surface area contributed by atoms with Gasteiger partial charge >= 0.3 is 0 Å². The average Bonchev–Trinajstić information content (AvgIpc) is 1.73. The standard InChI is InChI=1S/C66H126N12O6/c1-49(61(79)67-37-19-43-73(7)8)25-31-55-56(32-26-50(2)62(80)68-38-20-44-74(9)10)58(34-28-52(4)64(82)70-40-22-46-76(13)14)60(36-30-54(6)66(84)72-42-24-48-78(17)18)59(35-29-53(5)65(83)71-41-23-47-77(15)16)57(55)33-27-51(3)63(81)69-39-21-45-75(11)12/h49-54H,19-48H2,1-18H3,(H,67,79)(H,68,80)(H,69,81)(H,70,82)(H,71,83)(H,72,84). The van der Waals surface area contributed by atoms with Crippen molar-refractivity contribution in [2.75, 3.05) is 163 Å². The molecule has 486 valence electrons. The van der Waals surface area contributed by atoms with Gasteiger partial charge in [0.25, 0.3) is 0 Å². The van der Waals surface area contributed by atoms with Gasteiger partial charge in [0.05, 0.1) is 0 Å². The summed E-state index contributed by atoms with van der Waals surface area (Å²) in [6.45, 7) is 20.7. The van der Waals surface area contributed by atoms with Gasteiger partial charge in [0.15, 0.2) is 0 Å². The van der Waals surface area contributed by atoms with Crippen molar-refractivity contribution >= 4 is 35.4 Å². The van der Waals surface area contributed by atoms with Crippen LogP contribution in [0.25, 0.3) is 0 Å². The quantitative estimate of drug-likeness (QED) is 0.0450. The van der Waals surface area contributed by atoms with E-state index in [1.165, 1.54) is 0 Å². The Morgan fingerprint density at radius 2 is 0.369 bits per heavy atom. The summed E-state index contributed by atoms with van der Waals surface area (Å²) in [5.74, 6) is -1.76. The smallest absolute Gasteiger partial charge is 0.222 e. The molecule has 0 saturated carbocycles. The van der Waals surface area contributed by atoms with Gasteiger partial charge in [-0.3, -0.25) is 28.8 Å². The average molecular weight is 1180 g/mol. The number of hydrogen-bond acceptors (Lipinski definition) is 12. The van der Waals surface area contributed by atoms with Crippen LogP contribution in [0.15, 0.2) is 0 Å². The number of nitrogens with one attached hydrogen (secondary N) is 6. The normalized spacial score (nSPS) is 14.0. The molecular weight excluding hydrogens is 1060 g/mol. The molecule has 0 spiro atoms. The summed E-state index contributed by atoms with van der Waals surface area (Å²) >= 11 is 0. The van der Waals surface area contributed by atoms with Crippen molar-refractivity contribution in [2.45, 2.75) is 157 Å². The highest BCUT2D eigenvalue weighted by atomic mass is 16.2. The molecule has 6 atom stereocenters. The number of carbonyl (C=O) groups excluding carboxylic acids is 6. The van der Waals surface area contributed by atoms with Gasteiger partial charge in [-0.25, -0.2) is 0 Å². The van der Waals surface area contributed by atoms with E-state index in [9.17, 15) is 28.8 Å². The fraction of sp³-hybridized carbons (Fsp3) is 0.818. The van der Waals surface area contributed by atoms with E-state index in [1.807, 2.05) is 126 Å². The molecule has 0 aromatic heterocycles. The Labute approximate surface area is 512 Å². The first kappa shape index (κ1) is 77.8. The maximum atomic E-state index is 14.0. The minimum atomic E-state index is -0.306. The Hall–Kier alpha value is -4.20. The lowest BCUT2D eigenvalue weighted by molar-refractivity contribution is -0.125. The van der Waals surface area contributed by atoms with Crippen LogP contribution in [-0.4, -0.2) is 228 Å². The van der Waals surface area contributed by atoms with E-state index in [0.717, 1.165) is 111 Å². The molecule has 0 aliphatic heterocycles. The lowest BCUT2D eigenvalue weighted by Gasteiger charge is -2.30. The molecule has 0 heterocycles. The summed E-state index contributed by atoms with van der Waals surface area (Å²) in [7, 11) is 24.4. The Balaban J connectivity index is 4.49. The van der Waals surface area contributed by atoms with Crippen LogP contribution >= 0.6 is 0 Å². The van der Waals surface area contributed by atoms with Crippen LogP contribution in [0.5, 0.6) is 0 Å². The van der Waals surface area contributed by atoms with Gasteiger partial charge < -0.3 is 61.3 Å². The van der Waals surface area contributed by atoms with E-state index in [1.54, 1.807) is 0 Å². The SMILES string of the molecule is CC(CCc1c(CCC(C)C(=O)NCCCN(C)C)c(CCC(C)C(=O)NCCCN(C)C)c(CCC(C)C(=O)NCCCN(C)C)c(CCC(C)C(=O)NCCCN(C)C)c1CCC(C)C(=O)NCCCN(C)C)C(=O)NCCCN(C)C. The molecule has 6 N–H and O–H groups in total. The summed E-state index contributed by atoms with van der Waals surface area (Å²) in [5, 5.41) is 19.3. The van der Waals surface area contributed by atoms with E-state index in [-0.39, 0.29) is 71.0 Å². The first-order chi connectivity index (χ1) is 39.7. The van der Waals surface area contributed by atoms with Crippen molar-refractivity contribution in [2.24, 2.45) is 35.5 Å². The van der Waals surface area contributed by atoms with Crippen LogP contribution in [0, 0.1) is 35.5 Å². The minimum absolute atomic E-state index is 0.0119. The largest absolute Gasteiger partial charge is 0.356 e. The van der Waals surface area contributed by atoms with E-state index in [4.69, 9.17) is 0 Å². The molecule has 0 saturated heterocycles. The van der Waals surface area contributed by atoms with Gasteiger partial charge in [-0.2, -0.15) is 0 Å². The van der Waals surface area contributed by atoms with Crippen molar-refractivity contribution in [3.8, 4) is 0 Å². The van der Waals surface area contributed by atoms with Crippen LogP contribution < -0.4 is 31.9 Å². The van der Waals surface area contributed by atoms with Crippen LogP contribution in [0.4, 0.5) is 0 Å². The van der Waals surface area contributed by atoms with Gasteiger partial charge in [0.2, 0.25) is 35.4 Å². The summed E-state index contributed by atoms with van der Waals surface area (Å²) in [5.41, 5.74) is 6.92. The molecule has 0 aliphatic carbocycles. The number of benzene rings is 1. The molecular formula is C66H126N12O6. The highest BCUT2D eigenvalue weighted by Gasteiger charge is 2.29. The Morgan fingerprint density at radius 1 is 0.250 bits per heavy atom. The summed E-state index contributed by atoms with van der Waals surface area (Å²) in [6.07, 6.45) is 12.0. The zero-order valence-electron chi connectivity index (χ0n) is 56.8. The lowest BCUT2D eigenvalue weighted by atomic mass is 9.75. The molecule has 1 aromatic carbocycles. The van der Waals surface area contributed by atoms with Crippen LogP contribution in [0.1, 0.15) is 152 Å². The van der Waals surface area contributed by atoms with Crippen LogP contribution in [0.3, 0.4) is 0 Å². The molecule has 18 heteroatoms. The Bertz CT molecular complexity index is 1660. The number of nitrogens with zero attached hydrogens (tertiary/aromatic N) is 6. The second kappa shape index (κ2) is 44.3. The third kappa shape index (κ3) is 34.2. The molecule has 6 unspecified atom stereocenters. The van der Waals surface area contributed by atoms with E-state index in [2.05, 4.69) is 61.3 Å². The van der Waals surface area contributed by atoms with Crippen molar-refractivity contribution < 1.29 is 28.8 Å². The monoisotopic (exact) mass is 1180 g/mol. The van der Waals surface area contributed by atoms with Crippen molar-refractivity contribution in [1.29, 1.82) is 0 Å². The van der Waals surface area contributed by atoms with Gasteiger partial charge in [0.1, 0.15) is 0 Å². The van der Waals surface area contributed by atoms with E-state index < -0.39 is 0 Å². The van der Waals surface area contributed by atoms with Gasteiger partial charge in [-0.1, -0.05) is 41.5 Å². The van der Waals surface area contributed by atoms with E-state index >= 15 is 0 Å². The molecule has 84 heavy (non-hydrogen) atoms. The fourth-order valence-electron chi connectivity index (χ4n) is 10.5. The zero-order chi connectivity index (χ0) is 63.3. The van der Waals surface area contributed by atoms with Crippen molar-refractivity contribution in [3.05, 3.63) is 33.4 Å². The second-order valence-electron chi connectivity index (χ2n) is 26.2. The zero-order valence-corrected chi connectivity index (χ0v) is 56.8. The predicted molar refractivity (Wildman–Crippen MR) is 348 cm³/mol. The third-order valence-electron chi connectivity index (χ3n) is 16.3. The van der Waals surface area contributed by atoms with Crippen LogP contribution in [-0.2, 0) is 67.3 Å². The minimum Gasteiger partial charge on any atom is -0.356 e. The summed E-state index contributed by atoms with van der Waals surface area (Å²) in [6, 6.07) is 0. The number of hydrogen-bond donors (Lipinski definition) is 6. The molecule has 0 aliphatic rings. The third-order valence-corrected chi connectivity index (χ3v) is 16.3. The van der Waals surface area contributed by atoms with Gasteiger partial charge in [0, 0.05) is 74.8 Å². The molecule has 1 rings (SSSR count). The molecule has 6 amide bonds. The second-order valence-corrected chi connectivity index (χ2v) is 26.2. The lowest BCUT2D eigenvalue weighted by Crippen LogP contribution is -2.33. The molecule has 0 bridgehead atoms. The number of carbonyl (C=O) groups is 6. The number of amides is 6. The first-order valence-corrected chi connectivity index (χ1v) is 32.4. The molecule has 1 aromatic rings. The summed E-state index contributed by atoms with van der Waals surface area (Å²) < 4.78 is 0. The Morgan fingerprint density at radius 3 is 0.476 bits per heavy atom. The fourth-order valence-corrected chi connectivity index (χ4v) is 10.5. The molecule has 18 nitrogen and oxygen atoms in total. The Kier molecular flexibility index (Phi) is 41.0. The van der Waals surface area contributed by atoms with Crippen molar-refractivity contribution in [3.63, 3.8) is 0 Å². The summed E-state index contributed by atoms with van der Waals surface area (Å²) in [4.78, 5) is 96.4. The number of rotatable bonds is 48. The van der Waals surface area contributed by atoms with Gasteiger partial charge in [-0.05, 0) is 273 Å². The van der Waals surface area contributed by atoms with Crippen LogP contribution in [0.2, 0.25) is 0 Å².